The van der Waals surface area contributed by atoms with E-state index in [-0.39, 0.29) is 24.0 Å². The van der Waals surface area contributed by atoms with Gasteiger partial charge in [-0.3, -0.25) is 4.99 Å². The molecule has 1 aliphatic rings. The van der Waals surface area contributed by atoms with Gasteiger partial charge in [0.25, 0.3) is 0 Å². The number of nitrogens with zero attached hydrogens (tertiary/aromatic N) is 1. The zero-order valence-electron chi connectivity index (χ0n) is 13.4. The molecule has 0 amide bonds. The predicted molar refractivity (Wildman–Crippen MR) is 102 cm³/mol. The van der Waals surface area contributed by atoms with Crippen molar-refractivity contribution in [1.29, 1.82) is 0 Å². The Hall–Kier alpha value is 0.270. The number of ether oxygens (including phenoxy) is 2. The second kappa shape index (κ2) is 13.9. The SMILES string of the molecule is CCNC(=NCC(C)SC)NCCCOC1CCOC1.I. The molecule has 0 aromatic rings. The summed E-state index contributed by atoms with van der Waals surface area (Å²) in [5, 5.41) is 7.16. The summed E-state index contributed by atoms with van der Waals surface area (Å²) in [6.45, 7) is 9.25. The van der Waals surface area contributed by atoms with Crippen molar-refractivity contribution in [3.05, 3.63) is 0 Å². The highest BCUT2D eigenvalue weighted by molar-refractivity contribution is 14.0. The Morgan fingerprint density at radius 3 is 2.90 bits per heavy atom. The predicted octanol–water partition coefficient (Wildman–Crippen LogP) is 2.11. The van der Waals surface area contributed by atoms with Gasteiger partial charge < -0.3 is 20.1 Å². The zero-order chi connectivity index (χ0) is 14.6. The molecule has 1 heterocycles. The molecule has 0 aromatic heterocycles. The molecule has 21 heavy (non-hydrogen) atoms. The molecule has 0 spiro atoms. The number of hydrogen-bond donors (Lipinski definition) is 2. The highest BCUT2D eigenvalue weighted by Crippen LogP contribution is 2.08. The minimum atomic E-state index is 0. The summed E-state index contributed by atoms with van der Waals surface area (Å²) in [6, 6.07) is 0. The maximum Gasteiger partial charge on any atom is 0.191 e. The lowest BCUT2D eigenvalue weighted by atomic mass is 10.3. The number of guanidine groups is 1. The van der Waals surface area contributed by atoms with Gasteiger partial charge in [0.15, 0.2) is 5.96 Å². The number of hydrogen-bond acceptors (Lipinski definition) is 4. The normalized spacial score (nSPS) is 20.0. The van der Waals surface area contributed by atoms with Gasteiger partial charge in [0, 0.05) is 31.6 Å². The van der Waals surface area contributed by atoms with E-state index in [1.165, 1.54) is 0 Å². The van der Waals surface area contributed by atoms with Crippen LogP contribution >= 0.6 is 35.7 Å². The van der Waals surface area contributed by atoms with Crippen LogP contribution in [0.5, 0.6) is 0 Å². The van der Waals surface area contributed by atoms with Crippen molar-refractivity contribution >= 4 is 41.7 Å². The average Bonchev–Trinajstić information content (AvgIpc) is 2.97. The summed E-state index contributed by atoms with van der Waals surface area (Å²) < 4.78 is 11.0. The van der Waals surface area contributed by atoms with Crippen molar-refractivity contribution in [2.24, 2.45) is 4.99 Å². The Kier molecular flexibility index (Phi) is 14.1. The molecule has 0 bridgehead atoms. The van der Waals surface area contributed by atoms with E-state index in [0.717, 1.165) is 58.3 Å². The molecular formula is C14H30IN3O2S. The third-order valence-electron chi connectivity index (χ3n) is 3.11. The van der Waals surface area contributed by atoms with Crippen LogP contribution in [0.1, 0.15) is 26.7 Å². The summed E-state index contributed by atoms with van der Waals surface area (Å²) in [4.78, 5) is 4.57. The van der Waals surface area contributed by atoms with Gasteiger partial charge in [-0.15, -0.1) is 24.0 Å². The summed E-state index contributed by atoms with van der Waals surface area (Å²) >= 11 is 1.84. The van der Waals surface area contributed by atoms with E-state index in [2.05, 4.69) is 35.7 Å². The van der Waals surface area contributed by atoms with Crippen LogP contribution in [0, 0.1) is 0 Å². The molecule has 0 saturated carbocycles. The van der Waals surface area contributed by atoms with Crippen LogP contribution in [0.3, 0.4) is 0 Å². The molecule has 1 rings (SSSR count). The largest absolute Gasteiger partial charge is 0.379 e. The lowest BCUT2D eigenvalue weighted by Crippen LogP contribution is -2.38. The number of halogens is 1. The van der Waals surface area contributed by atoms with Crippen molar-refractivity contribution in [3.63, 3.8) is 0 Å². The summed E-state index contributed by atoms with van der Waals surface area (Å²) in [6.07, 6.45) is 4.44. The van der Waals surface area contributed by atoms with E-state index < -0.39 is 0 Å². The van der Waals surface area contributed by atoms with Crippen molar-refractivity contribution in [2.75, 3.05) is 45.7 Å². The monoisotopic (exact) mass is 431 g/mol. The van der Waals surface area contributed by atoms with Crippen LogP contribution in [0.4, 0.5) is 0 Å². The molecule has 0 radical (unpaired) electrons. The molecule has 1 saturated heterocycles. The van der Waals surface area contributed by atoms with Crippen LogP contribution in [0.2, 0.25) is 0 Å². The van der Waals surface area contributed by atoms with Gasteiger partial charge in [-0.05, 0) is 26.0 Å². The molecule has 126 valence electrons. The van der Waals surface area contributed by atoms with Gasteiger partial charge in [-0.1, -0.05) is 6.92 Å². The van der Waals surface area contributed by atoms with E-state index in [4.69, 9.17) is 9.47 Å². The lowest BCUT2D eigenvalue weighted by molar-refractivity contribution is 0.0420. The van der Waals surface area contributed by atoms with E-state index in [9.17, 15) is 0 Å². The van der Waals surface area contributed by atoms with E-state index in [1.54, 1.807) is 0 Å². The van der Waals surface area contributed by atoms with Gasteiger partial charge in [0.2, 0.25) is 0 Å². The topological polar surface area (TPSA) is 54.9 Å². The quantitative estimate of drug-likeness (QED) is 0.254. The number of rotatable bonds is 9. The summed E-state index contributed by atoms with van der Waals surface area (Å²) in [5.41, 5.74) is 0. The fourth-order valence-corrected chi connectivity index (χ4v) is 2.03. The van der Waals surface area contributed by atoms with Crippen molar-refractivity contribution in [2.45, 2.75) is 38.0 Å². The Bertz CT molecular complexity index is 277. The third kappa shape index (κ3) is 10.6. The van der Waals surface area contributed by atoms with Gasteiger partial charge in [-0.25, -0.2) is 0 Å². The van der Waals surface area contributed by atoms with E-state index in [0.29, 0.717) is 11.4 Å². The standard InChI is InChI=1S/C14H29N3O2S.HI/c1-4-15-14(17-10-12(2)20-3)16-7-5-8-19-13-6-9-18-11-13;/h12-13H,4-11H2,1-3H3,(H2,15,16,17);1H. The molecular weight excluding hydrogens is 401 g/mol. The van der Waals surface area contributed by atoms with E-state index in [1.807, 2.05) is 11.8 Å². The first kappa shape index (κ1) is 21.3. The van der Waals surface area contributed by atoms with Crippen LogP contribution in [0.15, 0.2) is 4.99 Å². The van der Waals surface area contributed by atoms with Gasteiger partial charge in [0.05, 0.1) is 19.3 Å². The van der Waals surface area contributed by atoms with Gasteiger partial charge in [0.1, 0.15) is 0 Å². The van der Waals surface area contributed by atoms with Crippen molar-refractivity contribution < 1.29 is 9.47 Å². The Labute approximate surface area is 150 Å². The second-order valence-electron chi connectivity index (χ2n) is 4.90. The summed E-state index contributed by atoms with van der Waals surface area (Å²) in [5.74, 6) is 0.901. The second-order valence-corrected chi connectivity index (χ2v) is 6.18. The van der Waals surface area contributed by atoms with Crippen LogP contribution in [-0.2, 0) is 9.47 Å². The van der Waals surface area contributed by atoms with Crippen molar-refractivity contribution in [1.82, 2.24) is 10.6 Å². The fraction of sp³-hybridized carbons (Fsp3) is 0.929. The average molecular weight is 431 g/mol. The van der Waals surface area contributed by atoms with Crippen LogP contribution < -0.4 is 10.6 Å². The first-order chi connectivity index (χ1) is 9.76. The van der Waals surface area contributed by atoms with Crippen LogP contribution in [0.25, 0.3) is 0 Å². The van der Waals surface area contributed by atoms with Crippen molar-refractivity contribution in [3.8, 4) is 0 Å². The number of aliphatic imine (C=N–C) groups is 1. The molecule has 1 aliphatic heterocycles. The Balaban J connectivity index is 0.00000400. The molecule has 2 atom stereocenters. The smallest absolute Gasteiger partial charge is 0.191 e. The molecule has 2 unspecified atom stereocenters. The van der Waals surface area contributed by atoms with Gasteiger partial charge in [-0.2, -0.15) is 11.8 Å². The number of thioether (sulfide) groups is 1. The van der Waals surface area contributed by atoms with E-state index >= 15 is 0 Å². The third-order valence-corrected chi connectivity index (χ3v) is 4.06. The highest BCUT2D eigenvalue weighted by atomic mass is 127. The number of nitrogens with one attached hydrogen (secondary N) is 2. The molecule has 2 N–H and O–H groups in total. The molecule has 0 aliphatic carbocycles. The molecule has 5 nitrogen and oxygen atoms in total. The zero-order valence-corrected chi connectivity index (χ0v) is 16.5. The molecule has 1 fully saturated rings. The molecule has 0 aromatic carbocycles. The first-order valence-corrected chi connectivity index (χ1v) is 8.79. The first-order valence-electron chi connectivity index (χ1n) is 7.50. The lowest BCUT2D eigenvalue weighted by Gasteiger charge is -2.13. The summed E-state index contributed by atoms with van der Waals surface area (Å²) in [7, 11) is 0. The Morgan fingerprint density at radius 2 is 2.29 bits per heavy atom. The van der Waals surface area contributed by atoms with Gasteiger partial charge >= 0.3 is 0 Å². The maximum absolute atomic E-state index is 5.73. The Morgan fingerprint density at radius 1 is 1.48 bits per heavy atom. The minimum Gasteiger partial charge on any atom is -0.379 e. The molecule has 7 heteroatoms. The fourth-order valence-electron chi connectivity index (χ4n) is 1.81. The maximum atomic E-state index is 5.73. The minimum absolute atomic E-state index is 0. The highest BCUT2D eigenvalue weighted by Gasteiger charge is 2.15. The van der Waals surface area contributed by atoms with Crippen LogP contribution in [-0.4, -0.2) is 63.0 Å².